The van der Waals surface area contributed by atoms with Gasteiger partial charge in [-0.25, -0.2) is 9.78 Å². The lowest BCUT2D eigenvalue weighted by Gasteiger charge is -2.32. The predicted octanol–water partition coefficient (Wildman–Crippen LogP) is 2.81. The minimum Gasteiger partial charge on any atom is -0.348 e. The first-order chi connectivity index (χ1) is 13.0. The molecule has 0 bridgehead atoms. The third kappa shape index (κ3) is 3.23. The van der Waals surface area contributed by atoms with Crippen LogP contribution in [0.3, 0.4) is 0 Å². The van der Waals surface area contributed by atoms with Gasteiger partial charge in [0.05, 0.1) is 18.1 Å². The lowest BCUT2D eigenvalue weighted by molar-refractivity contribution is 0.151. The zero-order valence-corrected chi connectivity index (χ0v) is 16.6. The number of aryl methyl sites for hydroxylation is 2. The molecule has 2 saturated heterocycles. The third-order valence-electron chi connectivity index (χ3n) is 6.18. The number of likely N-dealkylation sites (tertiary alicyclic amines) is 2. The minimum absolute atomic E-state index is 0.118. The monoisotopic (exact) mass is 367 g/mol. The highest BCUT2D eigenvalue weighted by molar-refractivity contribution is 5.75. The summed E-state index contributed by atoms with van der Waals surface area (Å²) in [5.41, 5.74) is 4.83. The molecule has 27 heavy (non-hydrogen) atoms. The number of amides is 2. The average Bonchev–Trinajstić information content (AvgIpc) is 3.30. The Labute approximate surface area is 161 Å². The summed E-state index contributed by atoms with van der Waals surface area (Å²) in [6.45, 7) is 7.97. The molecule has 6 heteroatoms. The van der Waals surface area contributed by atoms with Gasteiger partial charge >= 0.3 is 6.03 Å². The lowest BCUT2D eigenvalue weighted by atomic mass is 9.88. The summed E-state index contributed by atoms with van der Waals surface area (Å²) in [5.74, 6) is 0.979. The molecule has 4 rings (SSSR count). The van der Waals surface area contributed by atoms with Crippen LogP contribution in [0, 0.1) is 25.7 Å². The van der Waals surface area contributed by atoms with Gasteiger partial charge in [-0.05, 0) is 30.9 Å². The second-order valence-corrected chi connectivity index (χ2v) is 8.22. The van der Waals surface area contributed by atoms with Crippen LogP contribution in [-0.2, 0) is 6.54 Å². The summed E-state index contributed by atoms with van der Waals surface area (Å²) in [4.78, 5) is 26.8. The van der Waals surface area contributed by atoms with E-state index in [2.05, 4.69) is 57.9 Å². The Kier molecular flexibility index (Phi) is 4.68. The number of carbonyl (C=O) groups is 1. The molecule has 0 aliphatic carbocycles. The van der Waals surface area contributed by atoms with Gasteiger partial charge in [0.25, 0.3) is 0 Å². The van der Waals surface area contributed by atoms with Gasteiger partial charge in [0, 0.05) is 51.9 Å². The predicted molar refractivity (Wildman–Crippen MR) is 105 cm³/mol. The maximum atomic E-state index is 12.9. The zero-order chi connectivity index (χ0) is 19.1. The van der Waals surface area contributed by atoms with Crippen LogP contribution >= 0.6 is 0 Å². The number of aromatic nitrogens is 2. The molecule has 6 nitrogen and oxygen atoms in total. The molecule has 0 saturated carbocycles. The summed E-state index contributed by atoms with van der Waals surface area (Å²) in [5, 5.41) is 0. The standard InChI is InChI=1S/C21H29N5O/c1-14-7-5-6-8-17(14)20-18-11-25(12-19-15(2)22-13-23-19)9-16(18)10-26(20)21(27)24(3)4/h5-8,13,16,18,20H,9-12H2,1-4H3,(H,22,23)/t16-,18-,20+/m1/s1. The number of carbonyl (C=O) groups excluding carboxylic acids is 1. The Morgan fingerprint density at radius 2 is 2.00 bits per heavy atom. The number of hydrogen-bond donors (Lipinski definition) is 1. The average molecular weight is 367 g/mol. The summed E-state index contributed by atoms with van der Waals surface area (Å²) in [6, 6.07) is 8.78. The van der Waals surface area contributed by atoms with Crippen molar-refractivity contribution in [3.8, 4) is 0 Å². The number of rotatable bonds is 3. The van der Waals surface area contributed by atoms with E-state index in [1.54, 1.807) is 11.2 Å². The van der Waals surface area contributed by atoms with Crippen molar-refractivity contribution in [1.29, 1.82) is 0 Å². The first-order valence-corrected chi connectivity index (χ1v) is 9.70. The maximum absolute atomic E-state index is 12.9. The van der Waals surface area contributed by atoms with Gasteiger partial charge in [0.15, 0.2) is 0 Å². The third-order valence-corrected chi connectivity index (χ3v) is 6.18. The molecule has 2 aromatic rings. The van der Waals surface area contributed by atoms with E-state index in [0.717, 1.165) is 37.6 Å². The molecule has 2 aliphatic heterocycles. The van der Waals surface area contributed by atoms with E-state index in [1.807, 2.05) is 14.1 Å². The number of nitrogens with zero attached hydrogens (tertiary/aromatic N) is 4. The van der Waals surface area contributed by atoms with Gasteiger partial charge in [-0.15, -0.1) is 0 Å². The summed E-state index contributed by atoms with van der Waals surface area (Å²) in [6.07, 6.45) is 1.77. The van der Waals surface area contributed by atoms with Gasteiger partial charge in [0.1, 0.15) is 0 Å². The van der Waals surface area contributed by atoms with E-state index in [0.29, 0.717) is 11.8 Å². The molecule has 0 radical (unpaired) electrons. The molecular weight excluding hydrogens is 338 g/mol. The largest absolute Gasteiger partial charge is 0.348 e. The molecule has 2 amide bonds. The Balaban J connectivity index is 1.60. The number of benzene rings is 1. The van der Waals surface area contributed by atoms with Crippen molar-refractivity contribution in [3.05, 3.63) is 53.1 Å². The first kappa shape index (κ1) is 18.0. The molecule has 3 atom stereocenters. The van der Waals surface area contributed by atoms with E-state index in [9.17, 15) is 4.79 Å². The topological polar surface area (TPSA) is 55.5 Å². The summed E-state index contributed by atoms with van der Waals surface area (Å²) >= 11 is 0. The number of hydrogen-bond acceptors (Lipinski definition) is 3. The highest BCUT2D eigenvalue weighted by Gasteiger charge is 2.49. The van der Waals surface area contributed by atoms with Gasteiger partial charge < -0.3 is 14.8 Å². The Hall–Kier alpha value is -2.34. The smallest absolute Gasteiger partial charge is 0.320 e. The maximum Gasteiger partial charge on any atom is 0.320 e. The summed E-state index contributed by atoms with van der Waals surface area (Å²) < 4.78 is 0. The molecular formula is C21H29N5O. The number of aromatic amines is 1. The molecule has 0 unspecified atom stereocenters. The minimum atomic E-state index is 0.118. The van der Waals surface area contributed by atoms with Crippen molar-refractivity contribution in [2.45, 2.75) is 26.4 Å². The van der Waals surface area contributed by atoms with Crippen molar-refractivity contribution < 1.29 is 4.79 Å². The quantitative estimate of drug-likeness (QED) is 0.908. The van der Waals surface area contributed by atoms with Crippen molar-refractivity contribution >= 4 is 6.03 Å². The van der Waals surface area contributed by atoms with Crippen LogP contribution in [0.25, 0.3) is 0 Å². The SMILES string of the molecule is Cc1ccccc1[C@H]1[C@@H]2CN(Cc3nc[nH]c3C)C[C@@H]2CN1C(=O)N(C)C. The lowest BCUT2D eigenvalue weighted by Crippen LogP contribution is -2.41. The molecule has 144 valence electrons. The van der Waals surface area contributed by atoms with Crippen LogP contribution in [-0.4, -0.2) is 64.4 Å². The van der Waals surface area contributed by atoms with E-state index < -0.39 is 0 Å². The Morgan fingerprint density at radius 1 is 1.22 bits per heavy atom. The molecule has 1 N–H and O–H groups in total. The van der Waals surface area contributed by atoms with Gasteiger partial charge in [-0.1, -0.05) is 24.3 Å². The van der Waals surface area contributed by atoms with Crippen LogP contribution in [0.1, 0.15) is 28.6 Å². The summed E-state index contributed by atoms with van der Waals surface area (Å²) in [7, 11) is 3.69. The van der Waals surface area contributed by atoms with Gasteiger partial charge in [0.2, 0.25) is 0 Å². The fourth-order valence-electron chi connectivity index (χ4n) is 4.80. The fourth-order valence-corrected chi connectivity index (χ4v) is 4.80. The highest BCUT2D eigenvalue weighted by atomic mass is 16.2. The van der Waals surface area contributed by atoms with Gasteiger partial charge in [-0.3, -0.25) is 4.90 Å². The van der Waals surface area contributed by atoms with Crippen molar-refractivity contribution in [1.82, 2.24) is 24.7 Å². The van der Waals surface area contributed by atoms with Crippen LogP contribution in [0.5, 0.6) is 0 Å². The first-order valence-electron chi connectivity index (χ1n) is 9.70. The van der Waals surface area contributed by atoms with Gasteiger partial charge in [-0.2, -0.15) is 0 Å². The van der Waals surface area contributed by atoms with Crippen molar-refractivity contribution in [2.24, 2.45) is 11.8 Å². The highest BCUT2D eigenvalue weighted by Crippen LogP contribution is 2.46. The van der Waals surface area contributed by atoms with E-state index in [1.165, 1.54) is 11.1 Å². The molecule has 0 spiro atoms. The zero-order valence-electron chi connectivity index (χ0n) is 16.6. The second-order valence-electron chi connectivity index (χ2n) is 8.22. The Morgan fingerprint density at radius 3 is 2.67 bits per heavy atom. The molecule has 1 aromatic carbocycles. The van der Waals surface area contributed by atoms with Crippen molar-refractivity contribution in [3.63, 3.8) is 0 Å². The number of urea groups is 1. The van der Waals surface area contributed by atoms with Crippen molar-refractivity contribution in [2.75, 3.05) is 33.7 Å². The van der Waals surface area contributed by atoms with Crippen LogP contribution in [0.15, 0.2) is 30.6 Å². The van der Waals surface area contributed by atoms with Crippen LogP contribution in [0.4, 0.5) is 4.79 Å². The molecule has 2 aliphatic rings. The molecule has 3 heterocycles. The molecule has 1 aromatic heterocycles. The normalized spacial score (nSPS) is 25.0. The van der Waals surface area contributed by atoms with Crippen LogP contribution in [0.2, 0.25) is 0 Å². The number of H-pyrrole nitrogens is 1. The van der Waals surface area contributed by atoms with E-state index in [-0.39, 0.29) is 12.1 Å². The van der Waals surface area contributed by atoms with Crippen LogP contribution < -0.4 is 0 Å². The second kappa shape index (κ2) is 7.00. The molecule has 2 fully saturated rings. The number of imidazole rings is 1. The van der Waals surface area contributed by atoms with E-state index >= 15 is 0 Å². The Bertz CT molecular complexity index is 829. The fraction of sp³-hybridized carbons (Fsp3) is 0.524. The number of nitrogens with one attached hydrogen (secondary N) is 1. The van der Waals surface area contributed by atoms with E-state index in [4.69, 9.17) is 0 Å². The number of fused-ring (bicyclic) bond motifs is 1.